The molecule has 1 N–H and O–H groups in total. The van der Waals surface area contributed by atoms with Gasteiger partial charge in [0.2, 0.25) is 0 Å². The third-order valence-corrected chi connectivity index (χ3v) is 6.21. The Morgan fingerprint density at radius 1 is 1.23 bits per heavy atom. The maximum atomic E-state index is 12.6. The maximum absolute atomic E-state index is 12.6. The summed E-state index contributed by atoms with van der Waals surface area (Å²) in [6, 6.07) is 9.23. The topological polar surface area (TPSA) is 49.4 Å². The number of hydrogen-bond acceptors (Lipinski definition) is 3. The van der Waals surface area contributed by atoms with E-state index in [4.69, 9.17) is 0 Å². The highest BCUT2D eigenvalue weighted by molar-refractivity contribution is 7.14. The molecule has 0 spiro atoms. The second-order valence-corrected chi connectivity index (χ2v) is 8.06. The summed E-state index contributed by atoms with van der Waals surface area (Å²) in [7, 11) is 0. The fourth-order valence-corrected chi connectivity index (χ4v) is 4.54. The number of carbonyl (C=O) groups excluding carboxylic acids is 2. The number of thiophene rings is 1. The summed E-state index contributed by atoms with van der Waals surface area (Å²) in [6.07, 6.45) is 3.33. The van der Waals surface area contributed by atoms with Crippen molar-refractivity contribution in [3.8, 4) is 0 Å². The second-order valence-electron chi connectivity index (χ2n) is 6.92. The Morgan fingerprint density at radius 3 is 2.73 bits per heavy atom. The molecular weight excluding hydrogens is 344 g/mol. The lowest BCUT2D eigenvalue weighted by Crippen LogP contribution is -2.30. The molecule has 0 aliphatic heterocycles. The van der Waals surface area contributed by atoms with E-state index < -0.39 is 0 Å². The summed E-state index contributed by atoms with van der Waals surface area (Å²) >= 11 is 1.60. The van der Waals surface area contributed by atoms with Gasteiger partial charge in [0.1, 0.15) is 0 Å². The number of aryl methyl sites for hydroxylation is 1. The number of amides is 2. The minimum atomic E-state index is -0.0931. The van der Waals surface area contributed by atoms with Crippen molar-refractivity contribution >= 4 is 28.8 Å². The summed E-state index contributed by atoms with van der Waals surface area (Å²) < 4.78 is 0. The minimum absolute atomic E-state index is 0.00771. The highest BCUT2D eigenvalue weighted by Crippen LogP contribution is 2.32. The molecule has 1 heterocycles. The molecule has 1 atom stereocenters. The van der Waals surface area contributed by atoms with Crippen LogP contribution in [0.2, 0.25) is 0 Å². The number of nitrogens with one attached hydrogen (secondary N) is 1. The molecule has 2 aromatic rings. The van der Waals surface area contributed by atoms with Crippen molar-refractivity contribution < 1.29 is 9.59 Å². The first kappa shape index (κ1) is 18.6. The van der Waals surface area contributed by atoms with Gasteiger partial charge in [0, 0.05) is 29.2 Å². The molecule has 1 unspecified atom stereocenters. The number of anilines is 1. The van der Waals surface area contributed by atoms with E-state index in [-0.39, 0.29) is 11.8 Å². The minimum Gasteiger partial charge on any atom is -0.339 e. The number of nitrogens with zero attached hydrogens (tertiary/aromatic N) is 1. The predicted octanol–water partition coefficient (Wildman–Crippen LogP) is 4.61. The Bertz CT molecular complexity index is 808. The van der Waals surface area contributed by atoms with E-state index in [2.05, 4.69) is 12.2 Å². The Balaban J connectivity index is 1.74. The number of rotatable bonds is 5. The van der Waals surface area contributed by atoms with Gasteiger partial charge in [-0.2, -0.15) is 0 Å². The summed E-state index contributed by atoms with van der Waals surface area (Å²) in [4.78, 5) is 29.0. The smallest absolute Gasteiger partial charge is 0.265 e. The Labute approximate surface area is 159 Å². The fourth-order valence-electron chi connectivity index (χ4n) is 3.43. The maximum Gasteiger partial charge on any atom is 0.265 e. The second kappa shape index (κ2) is 8.04. The summed E-state index contributed by atoms with van der Waals surface area (Å²) in [5.41, 5.74) is 2.59. The Morgan fingerprint density at radius 2 is 2.00 bits per heavy atom. The van der Waals surface area contributed by atoms with Gasteiger partial charge in [-0.05, 0) is 68.9 Å². The van der Waals surface area contributed by atoms with Crippen molar-refractivity contribution in [1.29, 1.82) is 0 Å². The molecule has 5 heteroatoms. The highest BCUT2D eigenvalue weighted by atomic mass is 32.1. The summed E-state index contributed by atoms with van der Waals surface area (Å²) in [5.74, 6) is 0.590. The quantitative estimate of drug-likeness (QED) is 0.836. The van der Waals surface area contributed by atoms with Crippen molar-refractivity contribution in [2.24, 2.45) is 5.92 Å². The molecule has 26 heavy (non-hydrogen) atoms. The number of carbonyl (C=O) groups is 2. The standard InChI is InChI=1S/C21H26N2O2S/c1-4-23(5-2)21(25)15-7-6-8-17(12-15)22-20(24)19-13-16-11-14(3)9-10-18(16)26-19/h6-8,12-14H,4-5,9-11H2,1-3H3,(H,22,24). The van der Waals surface area contributed by atoms with Gasteiger partial charge in [0.25, 0.3) is 11.8 Å². The van der Waals surface area contributed by atoms with Gasteiger partial charge in [-0.1, -0.05) is 13.0 Å². The van der Waals surface area contributed by atoms with E-state index in [1.54, 1.807) is 28.4 Å². The lowest BCUT2D eigenvalue weighted by atomic mass is 9.90. The van der Waals surface area contributed by atoms with Crippen LogP contribution >= 0.6 is 11.3 Å². The molecule has 0 saturated carbocycles. The van der Waals surface area contributed by atoms with Gasteiger partial charge < -0.3 is 10.2 Å². The van der Waals surface area contributed by atoms with E-state index in [1.165, 1.54) is 16.9 Å². The van der Waals surface area contributed by atoms with Gasteiger partial charge in [-0.25, -0.2) is 0 Å². The molecule has 0 saturated heterocycles. The first-order valence-corrected chi connectivity index (χ1v) is 10.2. The molecule has 1 aromatic carbocycles. The molecule has 2 amide bonds. The Kier molecular flexibility index (Phi) is 5.77. The average molecular weight is 371 g/mol. The van der Waals surface area contributed by atoms with E-state index in [1.807, 2.05) is 32.0 Å². The van der Waals surface area contributed by atoms with Crippen LogP contribution in [0.3, 0.4) is 0 Å². The van der Waals surface area contributed by atoms with Crippen molar-refractivity contribution in [2.75, 3.05) is 18.4 Å². The normalized spacial score (nSPS) is 16.0. The molecule has 138 valence electrons. The van der Waals surface area contributed by atoms with Crippen LogP contribution in [0.5, 0.6) is 0 Å². The van der Waals surface area contributed by atoms with E-state index in [9.17, 15) is 9.59 Å². The monoisotopic (exact) mass is 370 g/mol. The average Bonchev–Trinajstić information content (AvgIpc) is 3.06. The van der Waals surface area contributed by atoms with E-state index in [0.717, 1.165) is 17.7 Å². The highest BCUT2D eigenvalue weighted by Gasteiger charge is 2.21. The van der Waals surface area contributed by atoms with Crippen LogP contribution < -0.4 is 5.32 Å². The zero-order valence-corrected chi connectivity index (χ0v) is 16.5. The summed E-state index contributed by atoms with van der Waals surface area (Å²) in [5, 5.41) is 2.95. The van der Waals surface area contributed by atoms with Gasteiger partial charge in [-0.3, -0.25) is 9.59 Å². The third kappa shape index (κ3) is 3.98. The lowest BCUT2D eigenvalue weighted by molar-refractivity contribution is 0.0772. The van der Waals surface area contributed by atoms with Gasteiger partial charge in [0.05, 0.1) is 4.88 Å². The lowest BCUT2D eigenvalue weighted by Gasteiger charge is -2.18. The van der Waals surface area contributed by atoms with E-state index >= 15 is 0 Å². The number of fused-ring (bicyclic) bond motifs is 1. The van der Waals surface area contributed by atoms with Crippen LogP contribution in [0.25, 0.3) is 0 Å². The van der Waals surface area contributed by atoms with Gasteiger partial charge in [-0.15, -0.1) is 11.3 Å². The van der Waals surface area contributed by atoms with Crippen LogP contribution in [0.1, 0.15) is 57.7 Å². The SMILES string of the molecule is CCN(CC)C(=O)c1cccc(NC(=O)c2cc3c(s2)CCC(C)C3)c1. The van der Waals surface area contributed by atoms with Crippen LogP contribution in [0, 0.1) is 5.92 Å². The number of benzene rings is 1. The van der Waals surface area contributed by atoms with Crippen LogP contribution in [0.15, 0.2) is 30.3 Å². The summed E-state index contributed by atoms with van der Waals surface area (Å²) in [6.45, 7) is 7.54. The van der Waals surface area contributed by atoms with E-state index in [0.29, 0.717) is 30.3 Å². The van der Waals surface area contributed by atoms with Crippen molar-refractivity contribution in [2.45, 2.75) is 40.0 Å². The first-order chi connectivity index (χ1) is 12.5. The molecule has 1 aliphatic carbocycles. The van der Waals surface area contributed by atoms with Crippen molar-refractivity contribution in [3.05, 3.63) is 51.2 Å². The molecule has 0 fully saturated rings. The predicted molar refractivity (Wildman–Crippen MR) is 107 cm³/mol. The zero-order chi connectivity index (χ0) is 18.7. The molecule has 0 bridgehead atoms. The number of hydrogen-bond donors (Lipinski definition) is 1. The van der Waals surface area contributed by atoms with Crippen molar-refractivity contribution in [1.82, 2.24) is 4.90 Å². The molecule has 0 radical (unpaired) electrons. The first-order valence-electron chi connectivity index (χ1n) is 9.34. The fraction of sp³-hybridized carbons (Fsp3) is 0.429. The van der Waals surface area contributed by atoms with Crippen LogP contribution in [-0.4, -0.2) is 29.8 Å². The largest absolute Gasteiger partial charge is 0.339 e. The van der Waals surface area contributed by atoms with Crippen LogP contribution in [-0.2, 0) is 12.8 Å². The molecule has 3 rings (SSSR count). The third-order valence-electron chi connectivity index (χ3n) is 4.97. The molecule has 1 aromatic heterocycles. The Hall–Kier alpha value is -2.14. The van der Waals surface area contributed by atoms with Crippen molar-refractivity contribution in [3.63, 3.8) is 0 Å². The molecule has 1 aliphatic rings. The van der Waals surface area contributed by atoms with Gasteiger partial charge in [0.15, 0.2) is 0 Å². The van der Waals surface area contributed by atoms with Crippen LogP contribution in [0.4, 0.5) is 5.69 Å². The zero-order valence-electron chi connectivity index (χ0n) is 15.7. The molecule has 4 nitrogen and oxygen atoms in total. The molecular formula is C21H26N2O2S. The van der Waals surface area contributed by atoms with Gasteiger partial charge >= 0.3 is 0 Å².